The molecule has 2 fully saturated rings. The molecule has 36 heavy (non-hydrogen) atoms. The fourth-order valence-corrected chi connectivity index (χ4v) is 7.08. The van der Waals surface area contributed by atoms with Gasteiger partial charge in [-0.1, -0.05) is 30.3 Å². The highest BCUT2D eigenvalue weighted by Crippen LogP contribution is 2.65. The van der Waals surface area contributed by atoms with Crippen LogP contribution in [0.5, 0.6) is 0 Å². The van der Waals surface area contributed by atoms with Gasteiger partial charge in [-0.05, 0) is 17.2 Å². The molecular formula is C19H22ClN5O9P2. The third-order valence-electron chi connectivity index (χ3n) is 6.16. The minimum Gasteiger partial charge on any atom is -0.385 e. The van der Waals surface area contributed by atoms with Gasteiger partial charge >= 0.3 is 15.2 Å². The van der Waals surface area contributed by atoms with Gasteiger partial charge in [-0.15, -0.1) is 0 Å². The summed E-state index contributed by atoms with van der Waals surface area (Å²) >= 11 is 6.12. The second-order valence-corrected chi connectivity index (χ2v) is 13.1. The summed E-state index contributed by atoms with van der Waals surface area (Å²) < 4.78 is 35.2. The molecule has 14 nitrogen and oxygen atoms in total. The van der Waals surface area contributed by atoms with Crippen molar-refractivity contribution in [2.75, 3.05) is 17.8 Å². The highest BCUT2D eigenvalue weighted by atomic mass is 35.5. The molecule has 3 aromatic rings. The number of aliphatic hydroxyl groups is 2. The average molecular weight is 562 g/mol. The Morgan fingerprint density at radius 1 is 1.22 bits per heavy atom. The van der Waals surface area contributed by atoms with Crippen LogP contribution in [0.15, 0.2) is 36.7 Å². The van der Waals surface area contributed by atoms with Gasteiger partial charge in [0, 0.05) is 13.0 Å². The average Bonchev–Trinajstić information content (AvgIpc) is 3.06. The lowest BCUT2D eigenvalue weighted by Gasteiger charge is -2.22. The number of hydrogen-bond donors (Lipinski definition) is 6. The van der Waals surface area contributed by atoms with Crippen molar-refractivity contribution >= 4 is 43.8 Å². The van der Waals surface area contributed by atoms with Gasteiger partial charge in [0.2, 0.25) is 5.28 Å². The number of rotatable bonds is 9. The monoisotopic (exact) mass is 561 g/mol. The number of fused-ring (bicyclic) bond motifs is 2. The molecule has 1 aliphatic carbocycles. The van der Waals surface area contributed by atoms with Crippen LogP contribution in [-0.2, 0) is 24.9 Å². The van der Waals surface area contributed by atoms with Crippen molar-refractivity contribution in [3.05, 3.63) is 47.5 Å². The first-order valence-electron chi connectivity index (χ1n) is 10.6. The molecule has 1 saturated heterocycles. The van der Waals surface area contributed by atoms with Crippen LogP contribution < -0.4 is 5.32 Å². The molecule has 0 bridgehead atoms. The number of hydrogen-bond acceptors (Lipinski definition) is 10. The topological polar surface area (TPSA) is 209 Å². The Kier molecular flexibility index (Phi) is 6.29. The van der Waals surface area contributed by atoms with Gasteiger partial charge in [0.1, 0.15) is 17.3 Å². The number of aliphatic hydroxyl groups excluding tert-OH is 1. The van der Waals surface area contributed by atoms with Gasteiger partial charge in [0.15, 0.2) is 29.1 Å². The Morgan fingerprint density at radius 2 is 1.94 bits per heavy atom. The standard InChI is InChI=1S/C19H22ClN5O9P2/c20-17-23-14(21-6-11-4-2-1-3-5-11)12-15(24-17)25(9-22-12)16-13(26)19(27)7-18(19,34-16)8-33-36(31,32)10-35(28,29)30/h1-5,9,13,16,26-27H,6-8,10H2,(H,31,32)(H,21,23,24)(H2,28,29,30)/t13-,16+,18+,19-/m0/s1. The molecule has 1 saturated carbocycles. The second kappa shape index (κ2) is 8.81. The molecule has 5 atom stereocenters. The minimum absolute atomic E-state index is 0.104. The summed E-state index contributed by atoms with van der Waals surface area (Å²) in [5.41, 5.74) is -1.90. The van der Waals surface area contributed by atoms with Crippen LogP contribution in [-0.4, -0.2) is 74.2 Å². The SMILES string of the molecule is O=P(O)(O)CP(=O)(O)OC[C@]12C[C@]1(O)[C@@H](O)[C@H](n1cnc3c(NCc4ccccc4)nc(Cl)nc31)O2. The third-order valence-corrected chi connectivity index (χ3v) is 9.76. The molecule has 6 N–H and O–H groups in total. The van der Waals surface area contributed by atoms with E-state index in [1.54, 1.807) is 0 Å². The molecule has 2 aliphatic rings. The summed E-state index contributed by atoms with van der Waals surface area (Å²) in [7, 11) is -9.53. The number of benzene rings is 1. The van der Waals surface area contributed by atoms with Crippen molar-refractivity contribution < 1.29 is 43.3 Å². The van der Waals surface area contributed by atoms with E-state index in [9.17, 15) is 24.2 Å². The van der Waals surface area contributed by atoms with Gasteiger partial charge in [-0.3, -0.25) is 13.7 Å². The van der Waals surface area contributed by atoms with E-state index in [4.69, 9.17) is 30.6 Å². The van der Waals surface area contributed by atoms with Crippen molar-refractivity contribution in [1.82, 2.24) is 19.5 Å². The Balaban J connectivity index is 1.37. The summed E-state index contributed by atoms with van der Waals surface area (Å²) in [5, 5.41) is 24.8. The van der Waals surface area contributed by atoms with Crippen molar-refractivity contribution in [2.45, 2.75) is 36.5 Å². The van der Waals surface area contributed by atoms with E-state index in [1.165, 1.54) is 10.9 Å². The van der Waals surface area contributed by atoms with E-state index >= 15 is 0 Å². The fourth-order valence-electron chi connectivity index (χ4n) is 4.32. The van der Waals surface area contributed by atoms with Crippen molar-refractivity contribution in [2.24, 2.45) is 0 Å². The third kappa shape index (κ3) is 4.70. The summed E-state index contributed by atoms with van der Waals surface area (Å²) in [5.74, 6) is -1.05. The van der Waals surface area contributed by atoms with Crippen LogP contribution in [0.4, 0.5) is 5.82 Å². The molecule has 5 rings (SSSR count). The van der Waals surface area contributed by atoms with Gasteiger partial charge in [0.05, 0.1) is 12.9 Å². The van der Waals surface area contributed by atoms with Crippen LogP contribution in [0.1, 0.15) is 18.2 Å². The quantitative estimate of drug-likeness (QED) is 0.160. The first-order chi connectivity index (χ1) is 16.8. The molecule has 0 radical (unpaired) electrons. The molecule has 1 unspecified atom stereocenters. The molecule has 194 valence electrons. The molecule has 1 aliphatic heterocycles. The second-order valence-electron chi connectivity index (χ2n) is 8.77. The minimum atomic E-state index is -4.84. The predicted octanol–water partition coefficient (Wildman–Crippen LogP) is 1.19. The lowest BCUT2D eigenvalue weighted by molar-refractivity contribution is -0.0882. The van der Waals surface area contributed by atoms with E-state index in [0.29, 0.717) is 17.9 Å². The van der Waals surface area contributed by atoms with E-state index in [1.807, 2.05) is 30.3 Å². The summed E-state index contributed by atoms with van der Waals surface area (Å²) in [6, 6.07) is 9.53. The van der Waals surface area contributed by atoms with E-state index < -0.39 is 51.2 Å². The normalized spacial score (nSPS) is 29.2. The lowest BCUT2D eigenvalue weighted by Crippen LogP contribution is -2.34. The number of aromatic nitrogens is 4. The van der Waals surface area contributed by atoms with Crippen LogP contribution >= 0.6 is 26.8 Å². The Bertz CT molecular complexity index is 1400. The van der Waals surface area contributed by atoms with Gasteiger partial charge < -0.3 is 39.5 Å². The molecule has 0 amide bonds. The Hall–Kier alpha value is -1.96. The van der Waals surface area contributed by atoms with Crippen molar-refractivity contribution in [1.29, 1.82) is 0 Å². The number of imidazole rings is 1. The Labute approximate surface area is 208 Å². The zero-order valence-corrected chi connectivity index (χ0v) is 20.9. The van der Waals surface area contributed by atoms with Crippen LogP contribution in [0.2, 0.25) is 5.28 Å². The van der Waals surface area contributed by atoms with E-state index in [-0.39, 0.29) is 17.4 Å². The fraction of sp³-hybridized carbons (Fsp3) is 0.421. The van der Waals surface area contributed by atoms with Crippen LogP contribution in [0.25, 0.3) is 11.2 Å². The molecule has 2 aromatic heterocycles. The molecule has 1 aromatic carbocycles. The molecular weight excluding hydrogens is 540 g/mol. The van der Waals surface area contributed by atoms with Crippen molar-refractivity contribution in [3.63, 3.8) is 0 Å². The maximum atomic E-state index is 12.0. The maximum Gasteiger partial charge on any atom is 0.340 e. The van der Waals surface area contributed by atoms with Gasteiger partial charge in [-0.25, -0.2) is 4.98 Å². The van der Waals surface area contributed by atoms with Gasteiger partial charge in [0.25, 0.3) is 0 Å². The highest BCUT2D eigenvalue weighted by Gasteiger charge is 2.80. The largest absolute Gasteiger partial charge is 0.385 e. The summed E-state index contributed by atoms with van der Waals surface area (Å²) in [4.78, 5) is 40.4. The molecule has 17 heteroatoms. The smallest absolute Gasteiger partial charge is 0.340 e. The predicted molar refractivity (Wildman–Crippen MR) is 125 cm³/mol. The molecule has 3 heterocycles. The van der Waals surface area contributed by atoms with Crippen molar-refractivity contribution in [3.8, 4) is 0 Å². The van der Waals surface area contributed by atoms with Crippen LogP contribution in [0, 0.1) is 0 Å². The number of nitrogens with zero attached hydrogens (tertiary/aromatic N) is 4. The highest BCUT2D eigenvalue weighted by molar-refractivity contribution is 7.70. The first kappa shape index (κ1) is 25.7. The van der Waals surface area contributed by atoms with E-state index in [2.05, 4.69) is 20.3 Å². The maximum absolute atomic E-state index is 12.0. The van der Waals surface area contributed by atoms with Gasteiger partial charge in [-0.2, -0.15) is 9.97 Å². The van der Waals surface area contributed by atoms with Crippen LogP contribution in [0.3, 0.4) is 0 Å². The molecule has 0 spiro atoms. The lowest BCUT2D eigenvalue weighted by atomic mass is 10.1. The Morgan fingerprint density at radius 3 is 2.64 bits per heavy atom. The summed E-state index contributed by atoms with van der Waals surface area (Å²) in [6.45, 7) is -0.258. The zero-order chi connectivity index (χ0) is 25.9. The summed E-state index contributed by atoms with van der Waals surface area (Å²) in [6.07, 6.45) is -1.53. The number of ether oxygens (including phenoxy) is 1. The zero-order valence-electron chi connectivity index (χ0n) is 18.4. The number of halogens is 1. The van der Waals surface area contributed by atoms with E-state index in [0.717, 1.165) is 5.56 Å². The number of anilines is 1. The first-order valence-corrected chi connectivity index (χ1v) is 14.5. The number of nitrogens with one attached hydrogen (secondary N) is 1.